The second-order valence-electron chi connectivity index (χ2n) is 6.64. The van der Waals surface area contributed by atoms with Gasteiger partial charge in [-0.2, -0.15) is 0 Å². The van der Waals surface area contributed by atoms with E-state index >= 15 is 0 Å². The molecule has 4 nitrogen and oxygen atoms in total. The van der Waals surface area contributed by atoms with E-state index in [0.717, 1.165) is 0 Å². The van der Waals surface area contributed by atoms with Gasteiger partial charge in [0, 0.05) is 6.42 Å². The van der Waals surface area contributed by atoms with Gasteiger partial charge in [-0.3, -0.25) is 0 Å². The zero-order chi connectivity index (χ0) is 15.5. The smallest absolute Gasteiger partial charge is 0.335 e. The number of hydrogen-bond donors (Lipinski definition) is 0. The number of carbonyl (C=O) groups is 1. The van der Waals surface area contributed by atoms with E-state index in [1.54, 1.807) is 0 Å². The average molecular weight is 302 g/mol. The van der Waals surface area contributed by atoms with Gasteiger partial charge in [-0.25, -0.2) is 4.79 Å². The summed E-state index contributed by atoms with van der Waals surface area (Å²) in [5.41, 5.74) is 1.62. The summed E-state index contributed by atoms with van der Waals surface area (Å²) in [5, 5.41) is 0. The monoisotopic (exact) mass is 302 g/mol. The molecule has 2 unspecified atom stereocenters. The Morgan fingerprint density at radius 3 is 2.00 bits per heavy atom. The van der Waals surface area contributed by atoms with E-state index in [4.69, 9.17) is 13.9 Å². The van der Waals surface area contributed by atoms with Gasteiger partial charge < -0.3 is 13.9 Å². The van der Waals surface area contributed by atoms with Gasteiger partial charge in [0.15, 0.2) is 6.10 Å². The lowest BCUT2D eigenvalue weighted by molar-refractivity contribution is -0.151. The second-order valence-corrected chi connectivity index (χ2v) is 12.0. The predicted octanol–water partition coefficient (Wildman–Crippen LogP) is 3.51. The van der Waals surface area contributed by atoms with Crippen LogP contribution in [-0.4, -0.2) is 40.2 Å². The fraction of sp³-hybridized carbons (Fsp3) is 0.933. The minimum atomic E-state index is -1.90. The van der Waals surface area contributed by atoms with Crippen molar-refractivity contribution in [3.63, 3.8) is 0 Å². The molecule has 2 atom stereocenters. The summed E-state index contributed by atoms with van der Waals surface area (Å²) in [6.07, 6.45) is 0.189. The highest BCUT2D eigenvalue weighted by molar-refractivity contribution is 6.77. The highest BCUT2D eigenvalue weighted by Crippen LogP contribution is 2.44. The Labute approximate surface area is 124 Å². The third kappa shape index (κ3) is 3.43. The summed E-state index contributed by atoms with van der Waals surface area (Å²) >= 11 is 0. The largest absolute Gasteiger partial charge is 0.467 e. The molecule has 1 aliphatic rings. The summed E-state index contributed by atoms with van der Waals surface area (Å²) in [7, 11) is -0.501. The van der Waals surface area contributed by atoms with Crippen LogP contribution in [0.25, 0.3) is 0 Å². The van der Waals surface area contributed by atoms with Crippen LogP contribution < -0.4 is 0 Å². The molecule has 0 aromatic heterocycles. The third-order valence-electron chi connectivity index (χ3n) is 4.50. The van der Waals surface area contributed by atoms with Gasteiger partial charge in [-0.05, 0) is 16.6 Å². The van der Waals surface area contributed by atoms with Crippen LogP contribution in [0.2, 0.25) is 16.6 Å². The minimum Gasteiger partial charge on any atom is -0.467 e. The average Bonchev–Trinajstić information content (AvgIpc) is 2.81. The first-order valence-corrected chi connectivity index (χ1v) is 9.76. The van der Waals surface area contributed by atoms with Gasteiger partial charge in [0.25, 0.3) is 0 Å². The highest BCUT2D eigenvalue weighted by Gasteiger charge is 2.48. The first-order valence-electron chi connectivity index (χ1n) is 7.62. The van der Waals surface area contributed by atoms with E-state index < -0.39 is 14.4 Å². The normalized spacial score (nSPS) is 23.9. The van der Waals surface area contributed by atoms with Crippen molar-refractivity contribution in [1.29, 1.82) is 0 Å². The molecular formula is C15H30O4Si. The van der Waals surface area contributed by atoms with E-state index in [9.17, 15) is 4.79 Å². The van der Waals surface area contributed by atoms with Crippen LogP contribution in [0.3, 0.4) is 0 Å². The van der Waals surface area contributed by atoms with Crippen LogP contribution in [0, 0.1) is 0 Å². The van der Waals surface area contributed by atoms with Crippen LogP contribution >= 0.6 is 0 Å². The molecule has 0 aromatic rings. The maximum Gasteiger partial charge on any atom is 0.335 e. The van der Waals surface area contributed by atoms with Crippen LogP contribution in [-0.2, 0) is 18.7 Å². The van der Waals surface area contributed by atoms with E-state index in [1.807, 2.05) is 0 Å². The Hall–Kier alpha value is -0.393. The first-order chi connectivity index (χ1) is 9.25. The molecule has 1 rings (SSSR count). The molecule has 1 saturated heterocycles. The van der Waals surface area contributed by atoms with Crippen molar-refractivity contribution in [3.8, 4) is 0 Å². The molecule has 5 heteroatoms. The van der Waals surface area contributed by atoms with Crippen LogP contribution in [0.15, 0.2) is 0 Å². The summed E-state index contributed by atoms with van der Waals surface area (Å²) in [4.78, 5) is 11.5. The van der Waals surface area contributed by atoms with Gasteiger partial charge in [0.2, 0.25) is 8.32 Å². The van der Waals surface area contributed by atoms with Crippen molar-refractivity contribution in [2.75, 3.05) is 13.7 Å². The Morgan fingerprint density at radius 1 is 1.10 bits per heavy atom. The Morgan fingerprint density at radius 2 is 1.60 bits per heavy atom. The molecule has 0 saturated carbocycles. The summed E-state index contributed by atoms with van der Waals surface area (Å²) in [6, 6.07) is 0. The van der Waals surface area contributed by atoms with E-state index in [-0.39, 0.29) is 12.1 Å². The maximum absolute atomic E-state index is 11.5. The zero-order valence-corrected chi connectivity index (χ0v) is 14.9. The molecule has 1 heterocycles. The predicted molar refractivity (Wildman–Crippen MR) is 82.3 cm³/mol. The Kier molecular flexibility index (Phi) is 6.22. The van der Waals surface area contributed by atoms with Crippen LogP contribution in [0.5, 0.6) is 0 Å². The SMILES string of the molecule is COC(=O)C1CC(O[Si](C(C)C)(C(C)C)C(C)C)CO1. The first kappa shape index (κ1) is 17.7. The molecule has 20 heavy (non-hydrogen) atoms. The molecule has 1 aliphatic heterocycles. The Balaban J connectivity index is 2.80. The topological polar surface area (TPSA) is 44.8 Å². The van der Waals surface area contributed by atoms with Gasteiger partial charge in [0.1, 0.15) is 0 Å². The molecule has 0 aromatic carbocycles. The van der Waals surface area contributed by atoms with Crippen molar-refractivity contribution in [1.82, 2.24) is 0 Å². The van der Waals surface area contributed by atoms with E-state index in [2.05, 4.69) is 41.5 Å². The van der Waals surface area contributed by atoms with Crippen molar-refractivity contribution in [2.24, 2.45) is 0 Å². The number of rotatable bonds is 6. The Bertz CT molecular complexity index is 306. The number of ether oxygens (including phenoxy) is 2. The molecule has 1 fully saturated rings. The lowest BCUT2D eigenvalue weighted by Gasteiger charge is -2.43. The summed E-state index contributed by atoms with van der Waals surface area (Å²) < 4.78 is 16.9. The third-order valence-corrected chi connectivity index (χ3v) is 10.7. The van der Waals surface area contributed by atoms with Crippen LogP contribution in [0.4, 0.5) is 0 Å². The lowest BCUT2D eigenvalue weighted by Crippen LogP contribution is -2.50. The van der Waals surface area contributed by atoms with Gasteiger partial charge >= 0.3 is 5.97 Å². The van der Waals surface area contributed by atoms with Gasteiger partial charge in [-0.1, -0.05) is 41.5 Å². The van der Waals surface area contributed by atoms with Crippen molar-refractivity contribution in [3.05, 3.63) is 0 Å². The van der Waals surface area contributed by atoms with Gasteiger partial charge in [0.05, 0.1) is 19.8 Å². The van der Waals surface area contributed by atoms with Crippen molar-refractivity contribution < 1.29 is 18.7 Å². The number of carbonyl (C=O) groups excluding carboxylic acids is 1. The van der Waals surface area contributed by atoms with E-state index in [1.165, 1.54) is 7.11 Å². The standard InChI is InChI=1S/C15H30O4Si/c1-10(2)20(11(3)4,12(5)6)19-13-8-14(18-9-13)15(16)17-7/h10-14H,8-9H2,1-7H3. The molecule has 0 spiro atoms. The lowest BCUT2D eigenvalue weighted by atomic mass is 10.2. The van der Waals surface area contributed by atoms with Gasteiger partial charge in [-0.15, -0.1) is 0 Å². The van der Waals surface area contributed by atoms with Crippen molar-refractivity contribution in [2.45, 2.75) is 76.8 Å². The quantitative estimate of drug-likeness (QED) is 0.556. The molecule has 0 radical (unpaired) electrons. The molecule has 0 amide bonds. The highest BCUT2D eigenvalue weighted by atomic mass is 28.4. The molecular weight excluding hydrogens is 272 g/mol. The minimum absolute atomic E-state index is 0.0259. The molecule has 0 bridgehead atoms. The zero-order valence-electron chi connectivity index (χ0n) is 13.9. The second kappa shape index (κ2) is 7.05. The maximum atomic E-state index is 11.5. The summed E-state index contributed by atoms with van der Waals surface area (Å²) in [6.45, 7) is 14.1. The number of methoxy groups -OCH3 is 1. The molecule has 118 valence electrons. The van der Waals surface area contributed by atoms with Crippen molar-refractivity contribution >= 4 is 14.3 Å². The fourth-order valence-electron chi connectivity index (χ4n) is 3.67. The fourth-order valence-corrected chi connectivity index (χ4v) is 9.23. The molecule has 0 aliphatic carbocycles. The number of esters is 1. The summed E-state index contributed by atoms with van der Waals surface area (Å²) in [5.74, 6) is -0.290. The molecule has 0 N–H and O–H groups in total. The van der Waals surface area contributed by atoms with Crippen LogP contribution in [0.1, 0.15) is 48.0 Å². The van der Waals surface area contributed by atoms with E-state index in [0.29, 0.717) is 29.7 Å². The number of hydrogen-bond acceptors (Lipinski definition) is 4.